The number of nitrogens with zero attached hydrogens (tertiary/aromatic N) is 2. The van der Waals surface area contributed by atoms with Crippen LogP contribution < -0.4 is 15.8 Å². The van der Waals surface area contributed by atoms with Crippen LogP contribution in [0.2, 0.25) is 0 Å². The lowest BCUT2D eigenvalue weighted by Crippen LogP contribution is -2.35. The highest BCUT2D eigenvalue weighted by molar-refractivity contribution is 5.77. The highest BCUT2D eigenvalue weighted by Crippen LogP contribution is 2.15. The molecule has 0 aliphatic heterocycles. The number of rotatable bonds is 7. The maximum atomic E-state index is 5.81. The largest absolute Gasteiger partial charge is 0.491 e. The van der Waals surface area contributed by atoms with Gasteiger partial charge < -0.3 is 15.8 Å². The predicted molar refractivity (Wildman–Crippen MR) is 89.1 cm³/mol. The van der Waals surface area contributed by atoms with Gasteiger partial charge in [-0.3, -0.25) is 9.98 Å². The van der Waals surface area contributed by atoms with Crippen LogP contribution in [0.4, 0.5) is 0 Å². The van der Waals surface area contributed by atoms with E-state index >= 15 is 0 Å². The lowest BCUT2D eigenvalue weighted by molar-refractivity contribution is 0.320. The van der Waals surface area contributed by atoms with E-state index in [2.05, 4.69) is 15.3 Å². The van der Waals surface area contributed by atoms with E-state index in [1.54, 1.807) is 6.20 Å². The third-order valence-corrected chi connectivity index (χ3v) is 3.14. The Balaban J connectivity index is 1.64. The summed E-state index contributed by atoms with van der Waals surface area (Å²) >= 11 is 0. The van der Waals surface area contributed by atoms with Crippen molar-refractivity contribution >= 4 is 5.96 Å². The Morgan fingerprint density at radius 2 is 2.05 bits per heavy atom. The first kappa shape index (κ1) is 15.8. The van der Waals surface area contributed by atoms with Gasteiger partial charge in [-0.1, -0.05) is 24.3 Å². The number of para-hydroxylation sites is 1. The Bertz CT molecular complexity index is 599. The molecule has 0 aliphatic rings. The summed E-state index contributed by atoms with van der Waals surface area (Å²) in [5.41, 5.74) is 7.95. The van der Waals surface area contributed by atoms with Crippen LogP contribution in [-0.2, 0) is 6.42 Å². The number of nitrogens with two attached hydrogens (primary N) is 1. The SMILES string of the molecule is Cc1ccccc1OCCNC(N)=NCCc1ccccn1. The molecule has 1 heterocycles. The van der Waals surface area contributed by atoms with Crippen molar-refractivity contribution in [2.24, 2.45) is 10.7 Å². The number of aryl methyl sites for hydroxylation is 1. The van der Waals surface area contributed by atoms with Crippen molar-refractivity contribution in [1.29, 1.82) is 0 Å². The molecule has 2 aromatic rings. The van der Waals surface area contributed by atoms with E-state index in [1.165, 1.54) is 0 Å². The number of nitrogens with one attached hydrogen (secondary N) is 1. The van der Waals surface area contributed by atoms with Crippen molar-refractivity contribution in [3.05, 3.63) is 59.9 Å². The number of hydrogen-bond donors (Lipinski definition) is 2. The molecule has 0 fully saturated rings. The molecule has 0 bridgehead atoms. The van der Waals surface area contributed by atoms with Crippen molar-refractivity contribution in [2.75, 3.05) is 19.7 Å². The van der Waals surface area contributed by atoms with Gasteiger partial charge >= 0.3 is 0 Å². The quantitative estimate of drug-likeness (QED) is 0.465. The average Bonchev–Trinajstić information content (AvgIpc) is 2.54. The van der Waals surface area contributed by atoms with Gasteiger partial charge in [-0.25, -0.2) is 0 Å². The highest BCUT2D eigenvalue weighted by Gasteiger charge is 1.98. The van der Waals surface area contributed by atoms with Crippen molar-refractivity contribution < 1.29 is 4.74 Å². The molecule has 1 aromatic carbocycles. The number of aliphatic imine (C=N–C) groups is 1. The Morgan fingerprint density at radius 1 is 1.23 bits per heavy atom. The maximum absolute atomic E-state index is 5.81. The Morgan fingerprint density at radius 3 is 2.82 bits per heavy atom. The summed E-state index contributed by atoms with van der Waals surface area (Å²) in [6.07, 6.45) is 2.56. The zero-order chi connectivity index (χ0) is 15.6. The summed E-state index contributed by atoms with van der Waals surface area (Å²) in [7, 11) is 0. The van der Waals surface area contributed by atoms with Crippen LogP contribution in [0.5, 0.6) is 5.75 Å². The molecule has 1 aromatic heterocycles. The highest BCUT2D eigenvalue weighted by atomic mass is 16.5. The molecule has 2 rings (SSSR count). The zero-order valence-electron chi connectivity index (χ0n) is 12.8. The van der Waals surface area contributed by atoms with Crippen LogP contribution in [0, 0.1) is 6.92 Å². The summed E-state index contributed by atoms with van der Waals surface area (Å²) in [4.78, 5) is 8.51. The van der Waals surface area contributed by atoms with Crippen molar-refractivity contribution in [3.8, 4) is 5.75 Å². The number of hydrogen-bond acceptors (Lipinski definition) is 3. The van der Waals surface area contributed by atoms with Gasteiger partial charge in [0.15, 0.2) is 5.96 Å². The molecule has 22 heavy (non-hydrogen) atoms. The van der Waals surface area contributed by atoms with E-state index in [-0.39, 0.29) is 0 Å². The lowest BCUT2D eigenvalue weighted by Gasteiger charge is -2.10. The molecule has 0 aliphatic carbocycles. The Kier molecular flexibility index (Phi) is 6.23. The van der Waals surface area contributed by atoms with Gasteiger partial charge in [0.05, 0.1) is 6.54 Å². The summed E-state index contributed by atoms with van der Waals surface area (Å²) in [5, 5.41) is 3.04. The molecule has 0 radical (unpaired) electrons. The van der Waals surface area contributed by atoms with Crippen LogP contribution in [0.15, 0.2) is 53.7 Å². The second-order valence-electron chi connectivity index (χ2n) is 4.88. The molecular weight excluding hydrogens is 276 g/mol. The molecule has 5 heteroatoms. The van der Waals surface area contributed by atoms with Crippen molar-refractivity contribution in [3.63, 3.8) is 0 Å². The molecular formula is C17H22N4O. The van der Waals surface area contributed by atoms with E-state index in [9.17, 15) is 0 Å². The van der Waals surface area contributed by atoms with E-state index in [1.807, 2.05) is 49.4 Å². The van der Waals surface area contributed by atoms with E-state index < -0.39 is 0 Å². The zero-order valence-corrected chi connectivity index (χ0v) is 12.8. The predicted octanol–water partition coefficient (Wildman–Crippen LogP) is 1.92. The normalized spacial score (nSPS) is 11.2. The van der Waals surface area contributed by atoms with Crippen LogP contribution in [-0.4, -0.2) is 30.6 Å². The summed E-state index contributed by atoms with van der Waals surface area (Å²) in [5.74, 6) is 1.33. The minimum atomic E-state index is 0.435. The van der Waals surface area contributed by atoms with Gasteiger partial charge in [0.25, 0.3) is 0 Å². The van der Waals surface area contributed by atoms with E-state index in [0.29, 0.717) is 25.7 Å². The molecule has 0 saturated heterocycles. The minimum Gasteiger partial charge on any atom is -0.491 e. The van der Waals surface area contributed by atoms with Gasteiger partial charge in [-0.2, -0.15) is 0 Å². The topological polar surface area (TPSA) is 72.5 Å². The molecule has 116 valence electrons. The van der Waals surface area contributed by atoms with Gasteiger partial charge in [0.2, 0.25) is 0 Å². The standard InChI is InChI=1S/C17H22N4O/c1-14-6-2-3-8-16(14)22-13-12-21-17(18)20-11-9-15-7-4-5-10-19-15/h2-8,10H,9,11-13H2,1H3,(H3,18,20,21). The first-order valence-corrected chi connectivity index (χ1v) is 7.38. The third kappa shape index (κ3) is 5.44. The Hall–Kier alpha value is -2.56. The summed E-state index contributed by atoms with van der Waals surface area (Å²) in [6.45, 7) is 3.80. The average molecular weight is 298 g/mol. The summed E-state index contributed by atoms with van der Waals surface area (Å²) < 4.78 is 5.68. The second-order valence-corrected chi connectivity index (χ2v) is 4.88. The fraction of sp³-hybridized carbons (Fsp3) is 0.294. The minimum absolute atomic E-state index is 0.435. The van der Waals surface area contributed by atoms with Gasteiger partial charge in [-0.15, -0.1) is 0 Å². The van der Waals surface area contributed by atoms with Crippen LogP contribution in [0.25, 0.3) is 0 Å². The molecule has 0 atom stereocenters. The van der Waals surface area contributed by atoms with Crippen molar-refractivity contribution in [1.82, 2.24) is 10.3 Å². The number of aromatic nitrogens is 1. The Labute approximate surface area is 131 Å². The summed E-state index contributed by atoms with van der Waals surface area (Å²) in [6, 6.07) is 13.8. The van der Waals surface area contributed by atoms with Crippen LogP contribution in [0.3, 0.4) is 0 Å². The molecule has 5 nitrogen and oxygen atoms in total. The molecule has 3 N–H and O–H groups in total. The fourth-order valence-electron chi connectivity index (χ4n) is 1.95. The van der Waals surface area contributed by atoms with Crippen molar-refractivity contribution in [2.45, 2.75) is 13.3 Å². The van der Waals surface area contributed by atoms with Gasteiger partial charge in [0, 0.05) is 24.9 Å². The number of pyridine rings is 1. The van der Waals surface area contributed by atoms with Gasteiger partial charge in [-0.05, 0) is 30.7 Å². The van der Waals surface area contributed by atoms with E-state index in [4.69, 9.17) is 10.5 Å². The maximum Gasteiger partial charge on any atom is 0.188 e. The molecule has 0 unspecified atom stereocenters. The number of benzene rings is 1. The van der Waals surface area contributed by atoms with Crippen LogP contribution >= 0.6 is 0 Å². The molecule has 0 spiro atoms. The van der Waals surface area contributed by atoms with E-state index in [0.717, 1.165) is 23.4 Å². The molecule has 0 saturated carbocycles. The first-order chi connectivity index (χ1) is 10.8. The third-order valence-electron chi connectivity index (χ3n) is 3.14. The molecule has 0 amide bonds. The van der Waals surface area contributed by atoms with Gasteiger partial charge in [0.1, 0.15) is 12.4 Å². The number of ether oxygens (including phenoxy) is 1. The lowest BCUT2D eigenvalue weighted by atomic mass is 10.2. The number of guanidine groups is 1. The smallest absolute Gasteiger partial charge is 0.188 e. The fourth-order valence-corrected chi connectivity index (χ4v) is 1.95. The second kappa shape index (κ2) is 8.67. The van der Waals surface area contributed by atoms with Crippen LogP contribution in [0.1, 0.15) is 11.3 Å². The monoisotopic (exact) mass is 298 g/mol. The first-order valence-electron chi connectivity index (χ1n) is 7.38.